The minimum atomic E-state index is -0.185. The average molecular weight is 233 g/mol. The van der Waals surface area contributed by atoms with E-state index < -0.39 is 0 Å². The maximum Gasteiger partial charge on any atom is 0.0741 e. The first kappa shape index (κ1) is 12.4. The average Bonchev–Trinajstić information content (AvgIpc) is 2.34. The molecule has 1 aromatic rings. The SMILES string of the molecule is CCc1cc(N[C@@H]2CCCC[C@H]2O)ccc1C. The second-order valence-electron chi connectivity index (χ2n) is 5.10. The van der Waals surface area contributed by atoms with Crippen LogP contribution in [0, 0.1) is 6.92 Å². The van der Waals surface area contributed by atoms with Gasteiger partial charge in [-0.25, -0.2) is 0 Å². The normalized spacial score (nSPS) is 24.6. The van der Waals surface area contributed by atoms with Crippen LogP contribution < -0.4 is 5.32 Å². The Morgan fingerprint density at radius 3 is 2.76 bits per heavy atom. The second-order valence-corrected chi connectivity index (χ2v) is 5.10. The van der Waals surface area contributed by atoms with Crippen molar-refractivity contribution < 1.29 is 5.11 Å². The van der Waals surface area contributed by atoms with Crippen LogP contribution in [0.1, 0.15) is 43.7 Å². The molecule has 0 heterocycles. The lowest BCUT2D eigenvalue weighted by atomic mass is 9.92. The van der Waals surface area contributed by atoms with Gasteiger partial charge in [-0.1, -0.05) is 25.8 Å². The minimum absolute atomic E-state index is 0.185. The van der Waals surface area contributed by atoms with Crippen molar-refractivity contribution in [2.75, 3.05) is 5.32 Å². The van der Waals surface area contributed by atoms with Gasteiger partial charge < -0.3 is 10.4 Å². The van der Waals surface area contributed by atoms with Crippen molar-refractivity contribution in [3.63, 3.8) is 0 Å². The van der Waals surface area contributed by atoms with Gasteiger partial charge in [0, 0.05) is 5.69 Å². The number of aliphatic hydroxyl groups excluding tert-OH is 1. The lowest BCUT2D eigenvalue weighted by Crippen LogP contribution is -2.36. The summed E-state index contributed by atoms with van der Waals surface area (Å²) in [7, 11) is 0. The third-order valence-electron chi connectivity index (χ3n) is 3.81. The topological polar surface area (TPSA) is 32.3 Å². The van der Waals surface area contributed by atoms with Crippen LogP contribution in [0.5, 0.6) is 0 Å². The highest BCUT2D eigenvalue weighted by Crippen LogP contribution is 2.23. The molecule has 1 aliphatic rings. The molecule has 2 atom stereocenters. The van der Waals surface area contributed by atoms with E-state index in [9.17, 15) is 5.11 Å². The molecule has 0 unspecified atom stereocenters. The van der Waals surface area contributed by atoms with Crippen LogP contribution in [0.2, 0.25) is 0 Å². The highest BCUT2D eigenvalue weighted by atomic mass is 16.3. The molecule has 2 nitrogen and oxygen atoms in total. The number of nitrogens with one attached hydrogen (secondary N) is 1. The van der Waals surface area contributed by atoms with Crippen LogP contribution in [0.3, 0.4) is 0 Å². The highest BCUT2D eigenvalue weighted by Gasteiger charge is 2.22. The monoisotopic (exact) mass is 233 g/mol. The minimum Gasteiger partial charge on any atom is -0.391 e. The lowest BCUT2D eigenvalue weighted by molar-refractivity contribution is 0.116. The van der Waals surface area contributed by atoms with E-state index in [-0.39, 0.29) is 12.1 Å². The van der Waals surface area contributed by atoms with Gasteiger partial charge in [0.25, 0.3) is 0 Å². The van der Waals surface area contributed by atoms with Crippen molar-refractivity contribution in [2.24, 2.45) is 0 Å². The van der Waals surface area contributed by atoms with Crippen LogP contribution in [-0.4, -0.2) is 17.3 Å². The Morgan fingerprint density at radius 1 is 1.29 bits per heavy atom. The summed E-state index contributed by atoms with van der Waals surface area (Å²) in [5, 5.41) is 13.4. The van der Waals surface area contributed by atoms with Crippen molar-refractivity contribution >= 4 is 5.69 Å². The van der Waals surface area contributed by atoms with E-state index in [1.165, 1.54) is 17.5 Å². The number of benzene rings is 1. The number of aryl methyl sites for hydroxylation is 2. The molecular formula is C15H23NO. The fraction of sp³-hybridized carbons (Fsp3) is 0.600. The summed E-state index contributed by atoms with van der Waals surface area (Å²) in [6.07, 6.45) is 5.28. The van der Waals surface area contributed by atoms with E-state index in [0.29, 0.717) is 0 Å². The Bertz CT molecular complexity index is 375. The third kappa shape index (κ3) is 3.01. The first-order valence-electron chi connectivity index (χ1n) is 6.75. The molecule has 2 N–H and O–H groups in total. The summed E-state index contributed by atoms with van der Waals surface area (Å²) in [6.45, 7) is 4.33. The molecule has 94 valence electrons. The zero-order chi connectivity index (χ0) is 12.3. The largest absolute Gasteiger partial charge is 0.391 e. The van der Waals surface area contributed by atoms with Gasteiger partial charge in [0.15, 0.2) is 0 Å². The zero-order valence-corrected chi connectivity index (χ0v) is 10.9. The van der Waals surface area contributed by atoms with Crippen LogP contribution in [0.25, 0.3) is 0 Å². The van der Waals surface area contributed by atoms with Gasteiger partial charge >= 0.3 is 0 Å². The van der Waals surface area contributed by atoms with Crippen molar-refractivity contribution in [3.05, 3.63) is 29.3 Å². The molecule has 0 bridgehead atoms. The summed E-state index contributed by atoms with van der Waals surface area (Å²) in [6, 6.07) is 6.74. The number of aliphatic hydroxyl groups is 1. The summed E-state index contributed by atoms with van der Waals surface area (Å²) in [5.74, 6) is 0. The van der Waals surface area contributed by atoms with E-state index >= 15 is 0 Å². The number of hydrogen-bond donors (Lipinski definition) is 2. The molecule has 1 aliphatic carbocycles. The molecule has 1 aromatic carbocycles. The Morgan fingerprint density at radius 2 is 2.06 bits per heavy atom. The van der Waals surface area contributed by atoms with Crippen molar-refractivity contribution in [1.82, 2.24) is 0 Å². The van der Waals surface area contributed by atoms with Crippen LogP contribution in [-0.2, 0) is 6.42 Å². The van der Waals surface area contributed by atoms with Gasteiger partial charge in [-0.2, -0.15) is 0 Å². The first-order chi connectivity index (χ1) is 8.20. The van der Waals surface area contributed by atoms with Gasteiger partial charge in [-0.15, -0.1) is 0 Å². The van der Waals surface area contributed by atoms with E-state index in [0.717, 1.165) is 31.4 Å². The molecule has 0 spiro atoms. The summed E-state index contributed by atoms with van der Waals surface area (Å²) < 4.78 is 0. The number of hydrogen-bond acceptors (Lipinski definition) is 2. The molecule has 0 aromatic heterocycles. The predicted octanol–water partition coefficient (Wildman–Crippen LogP) is 3.27. The van der Waals surface area contributed by atoms with Crippen LogP contribution in [0.15, 0.2) is 18.2 Å². The molecule has 0 radical (unpaired) electrons. The predicted molar refractivity (Wildman–Crippen MR) is 72.4 cm³/mol. The third-order valence-corrected chi connectivity index (χ3v) is 3.81. The van der Waals surface area contributed by atoms with Crippen LogP contribution >= 0.6 is 0 Å². The zero-order valence-electron chi connectivity index (χ0n) is 10.9. The lowest BCUT2D eigenvalue weighted by Gasteiger charge is -2.29. The van der Waals surface area contributed by atoms with Gasteiger partial charge in [-0.3, -0.25) is 0 Å². The van der Waals surface area contributed by atoms with E-state index in [2.05, 4.69) is 37.4 Å². The second kappa shape index (κ2) is 5.54. The van der Waals surface area contributed by atoms with E-state index in [1.54, 1.807) is 0 Å². The fourth-order valence-electron chi connectivity index (χ4n) is 2.64. The van der Waals surface area contributed by atoms with E-state index in [1.807, 2.05) is 0 Å². The Labute approximate surface area is 104 Å². The molecule has 2 rings (SSSR count). The van der Waals surface area contributed by atoms with Crippen molar-refractivity contribution in [2.45, 2.75) is 58.1 Å². The molecule has 17 heavy (non-hydrogen) atoms. The molecule has 0 amide bonds. The maximum absolute atomic E-state index is 9.95. The smallest absolute Gasteiger partial charge is 0.0741 e. The molecule has 0 saturated heterocycles. The summed E-state index contributed by atoms with van der Waals surface area (Å²) >= 11 is 0. The maximum atomic E-state index is 9.95. The highest BCUT2D eigenvalue weighted by molar-refractivity contribution is 5.49. The first-order valence-corrected chi connectivity index (χ1v) is 6.75. The van der Waals surface area contributed by atoms with Crippen molar-refractivity contribution in [1.29, 1.82) is 0 Å². The van der Waals surface area contributed by atoms with Gasteiger partial charge in [0.1, 0.15) is 0 Å². The van der Waals surface area contributed by atoms with Crippen molar-refractivity contribution in [3.8, 4) is 0 Å². The molecule has 2 heteroatoms. The number of rotatable bonds is 3. The van der Waals surface area contributed by atoms with Gasteiger partial charge in [-0.05, 0) is 49.4 Å². The summed E-state index contributed by atoms with van der Waals surface area (Å²) in [4.78, 5) is 0. The Kier molecular flexibility index (Phi) is 4.06. The Hall–Kier alpha value is -1.02. The summed E-state index contributed by atoms with van der Waals surface area (Å²) in [5.41, 5.74) is 3.89. The number of anilines is 1. The molecular weight excluding hydrogens is 210 g/mol. The molecule has 1 fully saturated rings. The quantitative estimate of drug-likeness (QED) is 0.839. The van der Waals surface area contributed by atoms with E-state index in [4.69, 9.17) is 0 Å². The molecule has 1 saturated carbocycles. The fourth-order valence-corrected chi connectivity index (χ4v) is 2.64. The Balaban J connectivity index is 2.07. The van der Waals surface area contributed by atoms with Crippen LogP contribution in [0.4, 0.5) is 5.69 Å². The van der Waals surface area contributed by atoms with Gasteiger partial charge in [0.05, 0.1) is 12.1 Å². The molecule has 0 aliphatic heterocycles. The standard InChI is InChI=1S/C15H23NO/c1-3-12-10-13(9-8-11(12)2)16-14-6-4-5-7-15(14)17/h8-10,14-17H,3-7H2,1-2H3/t14-,15-/m1/s1. The van der Waals surface area contributed by atoms with Gasteiger partial charge in [0.2, 0.25) is 0 Å².